The van der Waals surface area contributed by atoms with E-state index in [4.69, 9.17) is 5.73 Å². The smallest absolute Gasteiger partial charge is 0.245 e. The second-order valence-electron chi connectivity index (χ2n) is 2.77. The summed E-state index contributed by atoms with van der Waals surface area (Å²) in [4.78, 5) is 2.05. The lowest BCUT2D eigenvalue weighted by Gasteiger charge is -2.36. The van der Waals surface area contributed by atoms with Gasteiger partial charge >= 0.3 is 0 Å². The van der Waals surface area contributed by atoms with Crippen LogP contribution in [-0.2, 0) is 7.05 Å². The molecule has 1 aliphatic rings. The molecule has 0 amide bonds. The van der Waals surface area contributed by atoms with Gasteiger partial charge in [0.05, 0.1) is 0 Å². The molecule has 2 rings (SSSR count). The lowest BCUT2D eigenvalue weighted by atomic mass is 10.1. The van der Waals surface area contributed by atoms with Crippen LogP contribution in [0.5, 0.6) is 0 Å². The fraction of sp³-hybridized carbons (Fsp3) is 0.800. The number of aryl methyl sites for hydroxylation is 1. The van der Waals surface area contributed by atoms with Gasteiger partial charge in [0.15, 0.2) is 0 Å². The van der Waals surface area contributed by atoms with Crippen molar-refractivity contribution < 1.29 is 0 Å². The Labute approximate surface area is 64.0 Å². The first-order chi connectivity index (χ1) is 5.27. The van der Waals surface area contributed by atoms with Crippen LogP contribution in [0, 0.1) is 0 Å². The molecular formula is C5H10N6. The maximum absolute atomic E-state index is 5.61. The van der Waals surface area contributed by atoms with E-state index in [2.05, 4.69) is 15.5 Å². The Morgan fingerprint density at radius 3 is 2.73 bits per heavy atom. The second-order valence-corrected chi connectivity index (χ2v) is 2.77. The van der Waals surface area contributed by atoms with Crippen molar-refractivity contribution in [3.05, 3.63) is 0 Å². The third-order valence-electron chi connectivity index (χ3n) is 1.79. The molecule has 6 nitrogen and oxygen atoms in total. The Hall–Kier alpha value is -1.17. The van der Waals surface area contributed by atoms with Crippen molar-refractivity contribution in [1.29, 1.82) is 0 Å². The van der Waals surface area contributed by atoms with Gasteiger partial charge in [-0.15, -0.1) is 0 Å². The maximum Gasteiger partial charge on any atom is 0.245 e. The molecule has 0 saturated carbocycles. The van der Waals surface area contributed by atoms with Crippen molar-refractivity contribution in [1.82, 2.24) is 20.2 Å². The van der Waals surface area contributed by atoms with Gasteiger partial charge in [-0.1, -0.05) is 5.10 Å². The first-order valence-corrected chi connectivity index (χ1v) is 3.50. The van der Waals surface area contributed by atoms with Crippen molar-refractivity contribution in [3.8, 4) is 0 Å². The summed E-state index contributed by atoms with van der Waals surface area (Å²) in [6.45, 7) is 1.71. The Balaban J connectivity index is 2.12. The van der Waals surface area contributed by atoms with Crippen molar-refractivity contribution >= 4 is 5.95 Å². The quantitative estimate of drug-likeness (QED) is 0.525. The predicted octanol–water partition coefficient (Wildman–Crippen LogP) is -1.64. The zero-order valence-electron chi connectivity index (χ0n) is 6.30. The molecule has 2 heterocycles. The molecule has 60 valence electrons. The van der Waals surface area contributed by atoms with E-state index in [0.717, 1.165) is 19.0 Å². The summed E-state index contributed by atoms with van der Waals surface area (Å²) in [6, 6.07) is 0.284. The fourth-order valence-electron chi connectivity index (χ4n) is 1.17. The van der Waals surface area contributed by atoms with Gasteiger partial charge in [-0.2, -0.15) is 0 Å². The summed E-state index contributed by atoms with van der Waals surface area (Å²) < 4.78 is 1.64. The molecule has 1 aromatic heterocycles. The fourth-order valence-corrected chi connectivity index (χ4v) is 1.17. The second kappa shape index (κ2) is 2.16. The van der Waals surface area contributed by atoms with Gasteiger partial charge in [-0.25, -0.2) is 4.68 Å². The van der Waals surface area contributed by atoms with Gasteiger partial charge in [0.2, 0.25) is 5.95 Å². The number of nitrogens with zero attached hydrogens (tertiary/aromatic N) is 5. The van der Waals surface area contributed by atoms with E-state index in [9.17, 15) is 0 Å². The zero-order chi connectivity index (χ0) is 7.84. The largest absolute Gasteiger partial charge is 0.336 e. The van der Waals surface area contributed by atoms with Crippen molar-refractivity contribution in [2.24, 2.45) is 12.8 Å². The van der Waals surface area contributed by atoms with Crippen LogP contribution in [0.25, 0.3) is 0 Å². The summed E-state index contributed by atoms with van der Waals surface area (Å²) >= 11 is 0. The number of nitrogens with two attached hydrogens (primary N) is 1. The maximum atomic E-state index is 5.61. The van der Waals surface area contributed by atoms with Crippen LogP contribution >= 0.6 is 0 Å². The number of rotatable bonds is 1. The van der Waals surface area contributed by atoms with E-state index in [1.54, 1.807) is 4.68 Å². The SMILES string of the molecule is Cn1nnnc1N1CC(N)C1. The molecule has 0 bridgehead atoms. The lowest BCUT2D eigenvalue weighted by Crippen LogP contribution is -2.56. The molecule has 6 heteroatoms. The highest BCUT2D eigenvalue weighted by Crippen LogP contribution is 2.13. The van der Waals surface area contributed by atoms with Crippen LogP contribution in [0.15, 0.2) is 0 Å². The Morgan fingerprint density at radius 2 is 2.27 bits per heavy atom. The van der Waals surface area contributed by atoms with Crippen LogP contribution in [0.2, 0.25) is 0 Å². The van der Waals surface area contributed by atoms with Crippen molar-refractivity contribution in [3.63, 3.8) is 0 Å². The summed E-state index contributed by atoms with van der Waals surface area (Å²) in [5.41, 5.74) is 5.61. The van der Waals surface area contributed by atoms with Crippen LogP contribution in [-0.4, -0.2) is 39.3 Å². The van der Waals surface area contributed by atoms with E-state index in [1.165, 1.54) is 0 Å². The number of anilines is 1. The van der Waals surface area contributed by atoms with Crippen LogP contribution in [0.1, 0.15) is 0 Å². The molecule has 1 fully saturated rings. The van der Waals surface area contributed by atoms with Crippen molar-refractivity contribution in [2.45, 2.75) is 6.04 Å². The van der Waals surface area contributed by atoms with E-state index in [-0.39, 0.29) is 6.04 Å². The molecule has 0 unspecified atom stereocenters. The molecule has 1 aromatic rings. The first kappa shape index (κ1) is 6.53. The van der Waals surface area contributed by atoms with Gasteiger partial charge in [-0.3, -0.25) is 0 Å². The molecular weight excluding hydrogens is 144 g/mol. The Morgan fingerprint density at radius 1 is 1.55 bits per heavy atom. The van der Waals surface area contributed by atoms with Crippen LogP contribution in [0.3, 0.4) is 0 Å². The number of tetrazole rings is 1. The average molecular weight is 154 g/mol. The Bertz CT molecular complexity index is 249. The van der Waals surface area contributed by atoms with E-state index in [1.807, 2.05) is 11.9 Å². The predicted molar refractivity (Wildman–Crippen MR) is 39.0 cm³/mol. The van der Waals surface area contributed by atoms with Gasteiger partial charge < -0.3 is 10.6 Å². The highest BCUT2D eigenvalue weighted by atomic mass is 15.6. The van der Waals surface area contributed by atoms with Gasteiger partial charge in [0.25, 0.3) is 0 Å². The molecule has 1 saturated heterocycles. The van der Waals surface area contributed by atoms with E-state index in [0.29, 0.717) is 0 Å². The minimum absolute atomic E-state index is 0.284. The topological polar surface area (TPSA) is 72.9 Å². The number of aromatic nitrogens is 4. The molecule has 0 radical (unpaired) electrons. The standard InChI is InChI=1S/C5H10N6/c1-10-5(7-8-9-10)11-2-4(6)3-11/h4H,2-3,6H2,1H3. The monoisotopic (exact) mass is 154 g/mol. The minimum atomic E-state index is 0.284. The third-order valence-corrected chi connectivity index (χ3v) is 1.79. The average Bonchev–Trinajstić information content (AvgIpc) is 2.29. The summed E-state index contributed by atoms with van der Waals surface area (Å²) in [7, 11) is 1.82. The summed E-state index contributed by atoms with van der Waals surface area (Å²) in [6.07, 6.45) is 0. The highest BCUT2D eigenvalue weighted by Gasteiger charge is 2.26. The molecule has 0 atom stereocenters. The van der Waals surface area contributed by atoms with Gasteiger partial charge in [0, 0.05) is 26.2 Å². The van der Waals surface area contributed by atoms with Crippen LogP contribution in [0.4, 0.5) is 5.95 Å². The minimum Gasteiger partial charge on any atom is -0.336 e. The third kappa shape index (κ3) is 0.949. The number of hydrogen-bond acceptors (Lipinski definition) is 5. The summed E-state index contributed by atoms with van der Waals surface area (Å²) in [5.74, 6) is 0.798. The van der Waals surface area contributed by atoms with Crippen LogP contribution < -0.4 is 10.6 Å². The van der Waals surface area contributed by atoms with Gasteiger partial charge in [-0.05, 0) is 10.4 Å². The molecule has 2 N–H and O–H groups in total. The molecule has 0 aliphatic carbocycles. The lowest BCUT2D eigenvalue weighted by molar-refractivity contribution is 0.499. The normalized spacial score (nSPS) is 18.5. The molecule has 0 aromatic carbocycles. The summed E-state index contributed by atoms with van der Waals surface area (Å²) in [5, 5.41) is 11.1. The molecule has 0 spiro atoms. The molecule has 11 heavy (non-hydrogen) atoms. The first-order valence-electron chi connectivity index (χ1n) is 3.50. The number of hydrogen-bond donors (Lipinski definition) is 1. The van der Waals surface area contributed by atoms with E-state index >= 15 is 0 Å². The zero-order valence-corrected chi connectivity index (χ0v) is 6.30. The van der Waals surface area contributed by atoms with E-state index < -0.39 is 0 Å². The molecule has 1 aliphatic heterocycles. The Kier molecular flexibility index (Phi) is 1.28. The highest BCUT2D eigenvalue weighted by molar-refractivity contribution is 5.33. The van der Waals surface area contributed by atoms with Crippen molar-refractivity contribution in [2.75, 3.05) is 18.0 Å². The van der Waals surface area contributed by atoms with Gasteiger partial charge in [0.1, 0.15) is 0 Å².